The van der Waals surface area contributed by atoms with Crippen LogP contribution in [0.4, 0.5) is 0 Å². The second-order valence-electron chi connectivity index (χ2n) is 7.93. The summed E-state index contributed by atoms with van der Waals surface area (Å²) in [5, 5.41) is 17.0. The number of carboxylic acids is 1. The first kappa shape index (κ1) is 25.1. The highest BCUT2D eigenvalue weighted by molar-refractivity contribution is 5.94. The summed E-state index contributed by atoms with van der Waals surface area (Å²) in [5.41, 5.74) is 6.19. The molecule has 0 spiro atoms. The zero-order valence-corrected chi connectivity index (χ0v) is 17.9. The first-order chi connectivity index (χ1) is 13.9. The number of aromatic amines is 1. The number of amides is 3. The van der Waals surface area contributed by atoms with Gasteiger partial charge in [-0.2, -0.15) is 0 Å². The predicted molar refractivity (Wildman–Crippen MR) is 109 cm³/mol. The zero-order chi connectivity index (χ0) is 23.0. The molecule has 0 aliphatic rings. The molecule has 168 valence electrons. The standard InChI is InChI=1S/C19H32N6O5/c1-9(2)14(18(28)25-15(10(3)4)19(29)30)24-17(27)13(23-16(26)11(5)20)6-12-7-21-8-22-12/h7-11,13-15H,6,20H2,1-5H3,(H,21,22)(H,23,26)(H,24,27)(H,25,28)(H,29,30). The normalized spacial score (nSPS) is 15.2. The third-order valence-electron chi connectivity index (χ3n) is 4.50. The fourth-order valence-corrected chi connectivity index (χ4v) is 2.67. The van der Waals surface area contributed by atoms with Gasteiger partial charge in [0, 0.05) is 18.3 Å². The van der Waals surface area contributed by atoms with E-state index in [4.69, 9.17) is 5.73 Å². The fourth-order valence-electron chi connectivity index (χ4n) is 2.67. The predicted octanol–water partition coefficient (Wildman–Crippen LogP) is -0.850. The molecule has 4 unspecified atom stereocenters. The highest BCUT2D eigenvalue weighted by atomic mass is 16.4. The molecular weight excluding hydrogens is 392 g/mol. The van der Waals surface area contributed by atoms with Gasteiger partial charge in [-0.15, -0.1) is 0 Å². The van der Waals surface area contributed by atoms with Gasteiger partial charge in [0.1, 0.15) is 18.1 Å². The molecule has 3 amide bonds. The van der Waals surface area contributed by atoms with E-state index in [0.717, 1.165) is 0 Å². The molecule has 1 heterocycles. The molecule has 0 aromatic carbocycles. The van der Waals surface area contributed by atoms with Crippen LogP contribution in [0.5, 0.6) is 0 Å². The van der Waals surface area contributed by atoms with E-state index < -0.39 is 47.9 Å². The molecule has 0 bridgehead atoms. The summed E-state index contributed by atoms with van der Waals surface area (Å²) >= 11 is 0. The molecule has 1 aromatic heterocycles. The maximum absolute atomic E-state index is 12.9. The van der Waals surface area contributed by atoms with Gasteiger partial charge >= 0.3 is 5.97 Å². The van der Waals surface area contributed by atoms with Crippen molar-refractivity contribution in [2.75, 3.05) is 0 Å². The van der Waals surface area contributed by atoms with Gasteiger partial charge in [-0.1, -0.05) is 27.7 Å². The molecule has 0 aliphatic heterocycles. The maximum Gasteiger partial charge on any atom is 0.326 e. The molecule has 1 aromatic rings. The van der Waals surface area contributed by atoms with Crippen molar-refractivity contribution in [3.63, 3.8) is 0 Å². The molecule has 0 saturated carbocycles. The Kier molecular flexibility index (Phi) is 9.44. The third kappa shape index (κ3) is 7.47. The Morgan fingerprint density at radius 1 is 0.967 bits per heavy atom. The Bertz CT molecular complexity index is 732. The molecular formula is C19H32N6O5. The molecule has 0 fully saturated rings. The average molecular weight is 425 g/mol. The lowest BCUT2D eigenvalue weighted by atomic mass is 9.99. The van der Waals surface area contributed by atoms with Gasteiger partial charge in [-0.05, 0) is 18.8 Å². The average Bonchev–Trinajstić information content (AvgIpc) is 3.15. The van der Waals surface area contributed by atoms with E-state index in [1.807, 2.05) is 0 Å². The van der Waals surface area contributed by atoms with E-state index >= 15 is 0 Å². The number of hydrogen-bond acceptors (Lipinski definition) is 6. The van der Waals surface area contributed by atoms with E-state index in [1.165, 1.54) is 19.4 Å². The van der Waals surface area contributed by atoms with Crippen LogP contribution in [0.2, 0.25) is 0 Å². The molecule has 11 heteroatoms. The molecule has 0 radical (unpaired) electrons. The van der Waals surface area contributed by atoms with Gasteiger partial charge in [0.2, 0.25) is 17.7 Å². The SMILES string of the molecule is CC(N)C(=O)NC(Cc1cnc[nH]1)C(=O)NC(C(=O)NC(C(=O)O)C(C)C)C(C)C. The van der Waals surface area contributed by atoms with Crippen molar-refractivity contribution in [1.82, 2.24) is 25.9 Å². The van der Waals surface area contributed by atoms with E-state index in [1.54, 1.807) is 27.7 Å². The number of hydrogen-bond donors (Lipinski definition) is 6. The molecule has 1 rings (SSSR count). The smallest absolute Gasteiger partial charge is 0.326 e. The highest BCUT2D eigenvalue weighted by Crippen LogP contribution is 2.08. The second-order valence-corrected chi connectivity index (χ2v) is 7.93. The summed E-state index contributed by atoms with van der Waals surface area (Å²) in [5.74, 6) is -3.55. The number of nitrogens with two attached hydrogens (primary N) is 1. The summed E-state index contributed by atoms with van der Waals surface area (Å²) < 4.78 is 0. The van der Waals surface area contributed by atoms with Gasteiger partial charge in [0.05, 0.1) is 12.4 Å². The monoisotopic (exact) mass is 424 g/mol. The summed E-state index contributed by atoms with van der Waals surface area (Å²) in [6.45, 7) is 8.28. The first-order valence-electron chi connectivity index (χ1n) is 9.80. The number of imidazole rings is 1. The van der Waals surface area contributed by atoms with Crippen molar-refractivity contribution in [2.45, 2.75) is 65.2 Å². The van der Waals surface area contributed by atoms with Crippen molar-refractivity contribution in [1.29, 1.82) is 0 Å². The van der Waals surface area contributed by atoms with Crippen molar-refractivity contribution < 1.29 is 24.3 Å². The summed E-state index contributed by atoms with van der Waals surface area (Å²) in [6, 6.07) is -3.91. The Morgan fingerprint density at radius 2 is 1.53 bits per heavy atom. The molecule has 0 aliphatic carbocycles. The first-order valence-corrected chi connectivity index (χ1v) is 9.80. The minimum atomic E-state index is -1.16. The Hall–Kier alpha value is -2.95. The molecule has 4 atom stereocenters. The Balaban J connectivity index is 2.98. The Labute approximate surface area is 175 Å². The third-order valence-corrected chi connectivity index (χ3v) is 4.50. The van der Waals surface area contributed by atoms with Crippen molar-refractivity contribution in [3.05, 3.63) is 18.2 Å². The lowest BCUT2D eigenvalue weighted by molar-refractivity contribution is -0.143. The van der Waals surface area contributed by atoms with Crippen LogP contribution in [-0.4, -0.2) is 62.9 Å². The minimum Gasteiger partial charge on any atom is -0.480 e. The van der Waals surface area contributed by atoms with E-state index in [2.05, 4.69) is 25.9 Å². The number of nitrogens with one attached hydrogen (secondary N) is 4. The van der Waals surface area contributed by atoms with Crippen molar-refractivity contribution in [3.8, 4) is 0 Å². The van der Waals surface area contributed by atoms with Gasteiger partial charge in [0.15, 0.2) is 0 Å². The second kappa shape index (κ2) is 11.3. The topological polar surface area (TPSA) is 179 Å². The Morgan fingerprint density at radius 3 is 1.97 bits per heavy atom. The van der Waals surface area contributed by atoms with Crippen molar-refractivity contribution >= 4 is 23.7 Å². The fraction of sp³-hybridized carbons (Fsp3) is 0.632. The van der Waals surface area contributed by atoms with Crippen LogP contribution in [0.3, 0.4) is 0 Å². The van der Waals surface area contributed by atoms with Gasteiger partial charge < -0.3 is 31.8 Å². The van der Waals surface area contributed by atoms with Crippen LogP contribution in [0.25, 0.3) is 0 Å². The van der Waals surface area contributed by atoms with Gasteiger partial charge in [-0.25, -0.2) is 9.78 Å². The number of carbonyl (C=O) groups is 4. The van der Waals surface area contributed by atoms with Crippen LogP contribution in [0.1, 0.15) is 40.3 Å². The zero-order valence-electron chi connectivity index (χ0n) is 17.9. The van der Waals surface area contributed by atoms with Gasteiger partial charge in [-0.3, -0.25) is 14.4 Å². The molecule has 7 N–H and O–H groups in total. The highest BCUT2D eigenvalue weighted by Gasteiger charge is 2.32. The van der Waals surface area contributed by atoms with Crippen LogP contribution >= 0.6 is 0 Å². The number of rotatable bonds is 11. The van der Waals surface area contributed by atoms with Crippen LogP contribution in [0.15, 0.2) is 12.5 Å². The number of nitrogens with zero attached hydrogens (tertiary/aromatic N) is 1. The molecule has 11 nitrogen and oxygen atoms in total. The van der Waals surface area contributed by atoms with Gasteiger partial charge in [0.25, 0.3) is 0 Å². The minimum absolute atomic E-state index is 0.112. The van der Waals surface area contributed by atoms with E-state index in [0.29, 0.717) is 5.69 Å². The number of carboxylic acid groups (broad SMARTS) is 1. The largest absolute Gasteiger partial charge is 0.480 e. The summed E-state index contributed by atoms with van der Waals surface area (Å²) in [4.78, 5) is 55.8. The number of aromatic nitrogens is 2. The van der Waals surface area contributed by atoms with Crippen LogP contribution < -0.4 is 21.7 Å². The van der Waals surface area contributed by atoms with E-state index in [9.17, 15) is 24.3 Å². The maximum atomic E-state index is 12.9. The quantitative estimate of drug-likeness (QED) is 0.268. The van der Waals surface area contributed by atoms with Crippen LogP contribution in [-0.2, 0) is 25.6 Å². The number of carbonyl (C=O) groups excluding carboxylic acids is 3. The number of H-pyrrole nitrogens is 1. The van der Waals surface area contributed by atoms with E-state index in [-0.39, 0.29) is 18.3 Å². The lowest BCUT2D eigenvalue weighted by Crippen LogP contribution is -2.59. The summed E-state index contributed by atoms with van der Waals surface area (Å²) in [6.07, 6.45) is 3.07. The van der Waals surface area contributed by atoms with Crippen molar-refractivity contribution in [2.24, 2.45) is 17.6 Å². The molecule has 30 heavy (non-hydrogen) atoms. The molecule has 0 saturated heterocycles. The lowest BCUT2D eigenvalue weighted by Gasteiger charge is -2.27. The number of aliphatic carboxylic acids is 1. The van der Waals surface area contributed by atoms with Crippen LogP contribution in [0, 0.1) is 11.8 Å². The summed E-state index contributed by atoms with van der Waals surface area (Å²) in [7, 11) is 0.